The van der Waals surface area contributed by atoms with E-state index in [0.717, 1.165) is 24.3 Å². The monoisotopic (exact) mass is 265 g/mol. The Hall–Kier alpha value is -1.40. The van der Waals surface area contributed by atoms with Gasteiger partial charge >= 0.3 is 0 Å². The molecular weight excluding hydrogens is 242 g/mol. The average Bonchev–Trinajstić information content (AvgIpc) is 2.70. The molecule has 2 unspecified atom stereocenters. The first-order valence-corrected chi connectivity index (χ1v) is 6.62. The number of rotatable bonds is 4. The molecule has 0 radical (unpaired) electrons. The summed E-state index contributed by atoms with van der Waals surface area (Å²) in [5, 5.41) is 12.9. The van der Waals surface area contributed by atoms with Gasteiger partial charge in [0, 0.05) is 37.9 Å². The fraction of sp³-hybridized carbons (Fsp3) is 0.692. The summed E-state index contributed by atoms with van der Waals surface area (Å²) >= 11 is 0. The Kier molecular flexibility index (Phi) is 4.21. The van der Waals surface area contributed by atoms with Crippen molar-refractivity contribution in [1.29, 1.82) is 0 Å². The molecule has 0 spiro atoms. The van der Waals surface area contributed by atoms with Crippen LogP contribution in [0.1, 0.15) is 12.0 Å². The highest BCUT2D eigenvalue weighted by atomic mass is 16.3. The van der Waals surface area contributed by atoms with Crippen molar-refractivity contribution in [2.24, 2.45) is 0 Å². The molecule has 1 aromatic heterocycles. The van der Waals surface area contributed by atoms with E-state index in [1.807, 2.05) is 20.2 Å². The Morgan fingerprint density at radius 1 is 1.53 bits per heavy atom. The highest BCUT2D eigenvalue weighted by molar-refractivity contribution is 5.51. The van der Waals surface area contributed by atoms with Gasteiger partial charge in [0.1, 0.15) is 5.82 Å². The highest BCUT2D eigenvalue weighted by Gasteiger charge is 2.33. The number of likely N-dealkylation sites (N-methyl/N-ethyl adjacent to an activating group) is 1. The van der Waals surface area contributed by atoms with Gasteiger partial charge in [0.25, 0.3) is 0 Å². The summed E-state index contributed by atoms with van der Waals surface area (Å²) in [6.07, 6.45) is 2.33. The van der Waals surface area contributed by atoms with Crippen molar-refractivity contribution < 1.29 is 5.11 Å². The van der Waals surface area contributed by atoms with E-state index in [9.17, 15) is 5.11 Å². The Bertz CT molecular complexity index is 437. The van der Waals surface area contributed by atoms with E-state index in [1.165, 1.54) is 0 Å². The van der Waals surface area contributed by atoms with E-state index in [-0.39, 0.29) is 6.10 Å². The summed E-state index contributed by atoms with van der Waals surface area (Å²) < 4.78 is 0. The van der Waals surface area contributed by atoms with Gasteiger partial charge in [-0.05, 0) is 27.4 Å². The second-order valence-electron chi connectivity index (χ2n) is 5.41. The molecule has 0 aliphatic carbocycles. The first kappa shape index (κ1) is 14.0. The van der Waals surface area contributed by atoms with E-state index >= 15 is 0 Å². The van der Waals surface area contributed by atoms with E-state index in [4.69, 9.17) is 0 Å². The Morgan fingerprint density at radius 3 is 2.89 bits per heavy atom. The fourth-order valence-electron chi connectivity index (χ4n) is 2.59. The topological polar surface area (TPSA) is 64.5 Å². The van der Waals surface area contributed by atoms with Crippen LogP contribution in [0.4, 0.5) is 11.8 Å². The van der Waals surface area contributed by atoms with Crippen molar-refractivity contribution in [2.75, 3.05) is 44.4 Å². The van der Waals surface area contributed by atoms with Crippen LogP contribution in [-0.4, -0.2) is 66.4 Å². The first-order chi connectivity index (χ1) is 9.01. The molecule has 106 valence electrons. The van der Waals surface area contributed by atoms with Gasteiger partial charge in [-0.1, -0.05) is 0 Å². The van der Waals surface area contributed by atoms with E-state index < -0.39 is 0 Å². The fourth-order valence-corrected chi connectivity index (χ4v) is 2.59. The van der Waals surface area contributed by atoms with Crippen molar-refractivity contribution in [1.82, 2.24) is 14.9 Å². The van der Waals surface area contributed by atoms with Crippen LogP contribution in [-0.2, 0) is 0 Å². The number of aliphatic hydroxyl groups excluding tert-OH is 1. The maximum atomic E-state index is 9.94. The summed E-state index contributed by atoms with van der Waals surface area (Å²) in [5.74, 6) is 1.54. The number of anilines is 2. The molecule has 2 heterocycles. The number of nitrogens with one attached hydrogen (secondary N) is 1. The van der Waals surface area contributed by atoms with Crippen LogP contribution in [0.25, 0.3) is 0 Å². The van der Waals surface area contributed by atoms with Crippen molar-refractivity contribution in [3.8, 4) is 0 Å². The minimum absolute atomic E-state index is 0.280. The maximum Gasteiger partial charge on any atom is 0.224 e. The Morgan fingerprint density at radius 2 is 2.26 bits per heavy atom. The molecule has 2 atom stereocenters. The highest BCUT2D eigenvalue weighted by Crippen LogP contribution is 2.27. The van der Waals surface area contributed by atoms with Crippen molar-refractivity contribution >= 4 is 11.8 Å². The lowest BCUT2D eigenvalue weighted by molar-refractivity contribution is 0.191. The third kappa shape index (κ3) is 3.13. The molecule has 2 rings (SSSR count). The van der Waals surface area contributed by atoms with Gasteiger partial charge in [0.15, 0.2) is 0 Å². The number of aliphatic hydroxyl groups is 1. The normalized spacial score (nSPS) is 23.2. The molecule has 0 bridgehead atoms. The largest absolute Gasteiger partial charge is 0.391 e. The van der Waals surface area contributed by atoms with Gasteiger partial charge in [-0.3, -0.25) is 0 Å². The Balaban J connectivity index is 2.27. The predicted molar refractivity (Wildman–Crippen MR) is 76.6 cm³/mol. The lowest BCUT2D eigenvalue weighted by Crippen LogP contribution is -2.38. The van der Waals surface area contributed by atoms with Gasteiger partial charge in [-0.2, -0.15) is 4.98 Å². The Labute approximate surface area is 114 Å². The van der Waals surface area contributed by atoms with Crippen LogP contribution in [0.3, 0.4) is 0 Å². The smallest absolute Gasteiger partial charge is 0.224 e. The summed E-state index contributed by atoms with van der Waals surface area (Å²) in [7, 11) is 5.91. The van der Waals surface area contributed by atoms with E-state index in [1.54, 1.807) is 0 Å². The molecule has 0 amide bonds. The van der Waals surface area contributed by atoms with Crippen LogP contribution in [0.5, 0.6) is 0 Å². The minimum atomic E-state index is -0.280. The van der Waals surface area contributed by atoms with E-state index in [0.29, 0.717) is 18.5 Å². The van der Waals surface area contributed by atoms with Gasteiger partial charge < -0.3 is 20.2 Å². The number of aromatic nitrogens is 2. The zero-order valence-electron chi connectivity index (χ0n) is 12.1. The maximum absolute atomic E-state index is 9.94. The number of hydrogen-bond donors (Lipinski definition) is 2. The molecule has 1 aromatic rings. The molecule has 1 aliphatic rings. The van der Waals surface area contributed by atoms with Crippen molar-refractivity contribution in [3.63, 3.8) is 0 Å². The average molecular weight is 265 g/mol. The zero-order valence-corrected chi connectivity index (χ0v) is 12.1. The third-order valence-corrected chi connectivity index (χ3v) is 3.41. The number of hydrogen-bond acceptors (Lipinski definition) is 6. The quantitative estimate of drug-likeness (QED) is 0.818. The lowest BCUT2D eigenvalue weighted by atomic mass is 10.2. The zero-order chi connectivity index (χ0) is 14.0. The minimum Gasteiger partial charge on any atom is -0.391 e. The van der Waals surface area contributed by atoms with Crippen LogP contribution < -0.4 is 10.2 Å². The molecule has 0 aromatic carbocycles. The summed E-state index contributed by atoms with van der Waals surface area (Å²) in [6, 6.07) is 0.295. The van der Waals surface area contributed by atoms with Crippen molar-refractivity contribution in [3.05, 3.63) is 11.8 Å². The van der Waals surface area contributed by atoms with Crippen LogP contribution in [0.2, 0.25) is 0 Å². The molecule has 0 saturated carbocycles. The molecule has 1 aliphatic heterocycles. The van der Waals surface area contributed by atoms with Gasteiger partial charge in [-0.25, -0.2) is 4.98 Å². The first-order valence-electron chi connectivity index (χ1n) is 6.62. The second kappa shape index (κ2) is 5.71. The van der Waals surface area contributed by atoms with Crippen LogP contribution in [0.15, 0.2) is 6.20 Å². The van der Waals surface area contributed by atoms with E-state index in [2.05, 4.69) is 39.2 Å². The molecule has 1 fully saturated rings. The molecule has 2 N–H and O–H groups in total. The van der Waals surface area contributed by atoms with Crippen LogP contribution in [0, 0.1) is 6.92 Å². The predicted octanol–water partition coefficient (Wildman–Crippen LogP) is 0.328. The summed E-state index contributed by atoms with van der Waals surface area (Å²) in [5.41, 5.74) is 1.04. The van der Waals surface area contributed by atoms with Crippen molar-refractivity contribution in [2.45, 2.75) is 25.5 Å². The molecule has 19 heavy (non-hydrogen) atoms. The number of nitrogens with zero attached hydrogens (tertiary/aromatic N) is 4. The molecule has 6 nitrogen and oxygen atoms in total. The number of aryl methyl sites for hydroxylation is 1. The standard InChI is InChI=1S/C13H23N5O/c1-9-6-15-13(14-2)16-12(9)18-8-11(19)5-10(18)7-17(3)4/h6,10-11,19H,5,7-8H2,1-4H3,(H,14,15,16). The molecule has 6 heteroatoms. The summed E-state index contributed by atoms with van der Waals surface area (Å²) in [4.78, 5) is 13.1. The molecular formula is C13H23N5O. The summed E-state index contributed by atoms with van der Waals surface area (Å²) in [6.45, 7) is 3.56. The van der Waals surface area contributed by atoms with Gasteiger partial charge in [0.05, 0.1) is 6.10 Å². The SMILES string of the molecule is CNc1ncc(C)c(N2CC(O)CC2CN(C)C)n1. The second-order valence-corrected chi connectivity index (χ2v) is 5.41. The van der Waals surface area contributed by atoms with Gasteiger partial charge in [0.2, 0.25) is 5.95 Å². The van der Waals surface area contributed by atoms with Gasteiger partial charge in [-0.15, -0.1) is 0 Å². The van der Waals surface area contributed by atoms with Crippen LogP contribution >= 0.6 is 0 Å². The third-order valence-electron chi connectivity index (χ3n) is 3.41. The lowest BCUT2D eigenvalue weighted by Gasteiger charge is -2.28. The number of β-amino-alcohol motifs (C(OH)–C–C–N with tert-alkyl or cyclic N) is 1. The molecule has 1 saturated heterocycles.